The maximum absolute atomic E-state index is 3.84. The number of para-hydroxylation sites is 1. The van der Waals surface area contributed by atoms with Crippen LogP contribution in [0.25, 0.3) is 0 Å². The van der Waals surface area contributed by atoms with Gasteiger partial charge in [0.05, 0.1) is 0 Å². The third-order valence-electron chi connectivity index (χ3n) is 2.31. The minimum Gasteiger partial charge on any atom is -0.349 e. The van der Waals surface area contributed by atoms with E-state index >= 15 is 0 Å². The summed E-state index contributed by atoms with van der Waals surface area (Å²) >= 11 is 0. The van der Waals surface area contributed by atoms with Gasteiger partial charge in [0, 0.05) is 12.2 Å². The first-order chi connectivity index (χ1) is 6.88. The summed E-state index contributed by atoms with van der Waals surface area (Å²) in [7, 11) is 0. The Morgan fingerprint density at radius 1 is 1.21 bits per heavy atom. The van der Waals surface area contributed by atoms with Crippen LogP contribution in [0.3, 0.4) is 0 Å². The van der Waals surface area contributed by atoms with Crippen molar-refractivity contribution >= 4 is 5.69 Å². The second-order valence-electron chi connectivity index (χ2n) is 3.42. The quantitative estimate of drug-likeness (QED) is 0.615. The molecule has 76 valence electrons. The van der Waals surface area contributed by atoms with E-state index < -0.39 is 0 Å². The maximum atomic E-state index is 3.84. The number of benzene rings is 1. The summed E-state index contributed by atoms with van der Waals surface area (Å²) in [5.41, 5.74) is 1.23. The van der Waals surface area contributed by atoms with Crippen molar-refractivity contribution in [3.8, 4) is 0 Å². The topological polar surface area (TPSA) is 3.24 Å². The van der Waals surface area contributed by atoms with Crippen LogP contribution in [0.4, 0.5) is 5.69 Å². The van der Waals surface area contributed by atoms with E-state index in [1.165, 1.54) is 24.9 Å². The maximum Gasteiger partial charge on any atom is 0.0405 e. The molecule has 0 saturated heterocycles. The average molecular weight is 189 g/mol. The molecule has 0 aliphatic rings. The van der Waals surface area contributed by atoms with Gasteiger partial charge in [0.2, 0.25) is 0 Å². The number of rotatable bonds is 6. The third kappa shape index (κ3) is 3.25. The van der Waals surface area contributed by atoms with Gasteiger partial charge < -0.3 is 4.90 Å². The normalized spacial score (nSPS) is 9.79. The zero-order valence-corrected chi connectivity index (χ0v) is 8.95. The van der Waals surface area contributed by atoms with Crippen LogP contribution >= 0.6 is 0 Å². The monoisotopic (exact) mass is 189 g/mol. The molecule has 1 nitrogen and oxygen atoms in total. The van der Waals surface area contributed by atoms with E-state index in [-0.39, 0.29) is 0 Å². The summed E-state index contributed by atoms with van der Waals surface area (Å²) in [4.78, 5) is 2.20. The van der Waals surface area contributed by atoms with E-state index in [9.17, 15) is 0 Å². The molecule has 0 N–H and O–H groups in total. The highest BCUT2D eigenvalue weighted by atomic mass is 15.1. The van der Waals surface area contributed by atoms with Gasteiger partial charge in [0.15, 0.2) is 0 Å². The molecule has 0 fully saturated rings. The fourth-order valence-corrected chi connectivity index (χ4v) is 1.48. The van der Waals surface area contributed by atoms with E-state index in [1.54, 1.807) is 0 Å². The third-order valence-corrected chi connectivity index (χ3v) is 2.31. The number of unbranched alkanes of at least 4 members (excludes halogenated alkanes) is 2. The lowest BCUT2D eigenvalue weighted by Gasteiger charge is -2.19. The molecule has 0 atom stereocenters. The Labute approximate surface area is 87.1 Å². The molecule has 1 aromatic carbocycles. The van der Waals surface area contributed by atoms with Crippen molar-refractivity contribution in [3.05, 3.63) is 43.1 Å². The van der Waals surface area contributed by atoms with Crippen LogP contribution in [0.1, 0.15) is 26.2 Å². The SMILES string of the molecule is C=CN(CCCCC)c1ccccc1. The number of anilines is 1. The van der Waals surface area contributed by atoms with Gasteiger partial charge in [0.1, 0.15) is 0 Å². The first kappa shape index (κ1) is 10.8. The van der Waals surface area contributed by atoms with Crippen LogP contribution in [-0.4, -0.2) is 6.54 Å². The van der Waals surface area contributed by atoms with Crippen LogP contribution < -0.4 is 4.90 Å². The molecule has 0 amide bonds. The van der Waals surface area contributed by atoms with Gasteiger partial charge in [-0.1, -0.05) is 44.5 Å². The molecule has 1 rings (SSSR count). The van der Waals surface area contributed by atoms with Gasteiger partial charge in [-0.25, -0.2) is 0 Å². The number of hydrogen-bond donors (Lipinski definition) is 0. The minimum atomic E-state index is 1.07. The van der Waals surface area contributed by atoms with Gasteiger partial charge in [-0.2, -0.15) is 0 Å². The standard InChI is InChI=1S/C13H19N/c1-3-5-9-12-14(4-2)13-10-7-6-8-11-13/h4,6-8,10-11H,2-3,5,9,12H2,1H3. The van der Waals surface area contributed by atoms with E-state index in [0.717, 1.165) is 6.54 Å². The molecule has 14 heavy (non-hydrogen) atoms. The Morgan fingerprint density at radius 2 is 1.93 bits per heavy atom. The molecule has 0 saturated carbocycles. The molecule has 0 radical (unpaired) electrons. The molecule has 0 spiro atoms. The summed E-state index contributed by atoms with van der Waals surface area (Å²) < 4.78 is 0. The number of hydrogen-bond acceptors (Lipinski definition) is 1. The first-order valence-electron chi connectivity index (χ1n) is 5.32. The predicted octanol–water partition coefficient (Wildman–Crippen LogP) is 3.83. The average Bonchev–Trinajstić information content (AvgIpc) is 2.26. The van der Waals surface area contributed by atoms with Crippen molar-refractivity contribution in [1.29, 1.82) is 0 Å². The lowest BCUT2D eigenvalue weighted by molar-refractivity contribution is 0.715. The van der Waals surface area contributed by atoms with E-state index in [1.807, 2.05) is 12.3 Å². The molecule has 0 aromatic heterocycles. The molecule has 0 bridgehead atoms. The van der Waals surface area contributed by atoms with Crippen LogP contribution in [0.5, 0.6) is 0 Å². The lowest BCUT2D eigenvalue weighted by atomic mass is 10.2. The van der Waals surface area contributed by atoms with Gasteiger partial charge in [-0.05, 0) is 24.8 Å². The summed E-state index contributed by atoms with van der Waals surface area (Å²) in [6, 6.07) is 10.4. The molecule has 0 heterocycles. The fourth-order valence-electron chi connectivity index (χ4n) is 1.48. The van der Waals surface area contributed by atoms with Crippen LogP contribution in [-0.2, 0) is 0 Å². The second-order valence-corrected chi connectivity index (χ2v) is 3.42. The van der Waals surface area contributed by atoms with Crippen molar-refractivity contribution < 1.29 is 0 Å². The highest BCUT2D eigenvalue weighted by Gasteiger charge is 1.99. The van der Waals surface area contributed by atoms with Crippen molar-refractivity contribution in [2.75, 3.05) is 11.4 Å². The summed E-state index contributed by atoms with van der Waals surface area (Å²) in [6.07, 6.45) is 5.69. The fraction of sp³-hybridized carbons (Fsp3) is 0.385. The Bertz CT molecular complexity index is 253. The Kier molecular flexibility index (Phi) is 4.84. The molecular formula is C13H19N. The Hall–Kier alpha value is -1.24. The molecule has 0 aliphatic carbocycles. The summed E-state index contributed by atoms with van der Waals surface area (Å²) in [5.74, 6) is 0. The van der Waals surface area contributed by atoms with Crippen LogP contribution in [0.2, 0.25) is 0 Å². The number of nitrogens with zero attached hydrogens (tertiary/aromatic N) is 1. The molecular weight excluding hydrogens is 170 g/mol. The highest BCUT2D eigenvalue weighted by Crippen LogP contribution is 2.14. The van der Waals surface area contributed by atoms with Crippen molar-refractivity contribution in [2.45, 2.75) is 26.2 Å². The van der Waals surface area contributed by atoms with E-state index in [0.29, 0.717) is 0 Å². The first-order valence-corrected chi connectivity index (χ1v) is 5.32. The highest BCUT2D eigenvalue weighted by molar-refractivity contribution is 5.48. The van der Waals surface area contributed by atoms with Crippen molar-refractivity contribution in [3.63, 3.8) is 0 Å². The largest absolute Gasteiger partial charge is 0.349 e. The van der Waals surface area contributed by atoms with Gasteiger partial charge in [0.25, 0.3) is 0 Å². The zero-order chi connectivity index (χ0) is 10.2. The second kappa shape index (κ2) is 6.25. The Morgan fingerprint density at radius 3 is 2.50 bits per heavy atom. The predicted molar refractivity (Wildman–Crippen MR) is 63.5 cm³/mol. The van der Waals surface area contributed by atoms with Crippen molar-refractivity contribution in [2.24, 2.45) is 0 Å². The zero-order valence-electron chi connectivity index (χ0n) is 8.95. The van der Waals surface area contributed by atoms with E-state index in [2.05, 4.69) is 42.7 Å². The van der Waals surface area contributed by atoms with Crippen LogP contribution in [0.15, 0.2) is 43.1 Å². The molecule has 0 unspecified atom stereocenters. The Balaban J connectivity index is 2.50. The van der Waals surface area contributed by atoms with Gasteiger partial charge in [-0.3, -0.25) is 0 Å². The molecule has 0 aliphatic heterocycles. The minimum absolute atomic E-state index is 1.07. The molecule has 1 heteroatoms. The smallest absolute Gasteiger partial charge is 0.0405 e. The molecule has 1 aromatic rings. The van der Waals surface area contributed by atoms with Crippen molar-refractivity contribution in [1.82, 2.24) is 0 Å². The van der Waals surface area contributed by atoms with Gasteiger partial charge in [-0.15, -0.1) is 0 Å². The summed E-state index contributed by atoms with van der Waals surface area (Å²) in [6.45, 7) is 7.14. The lowest BCUT2D eigenvalue weighted by Crippen LogP contribution is -2.16. The van der Waals surface area contributed by atoms with Gasteiger partial charge >= 0.3 is 0 Å². The summed E-state index contributed by atoms with van der Waals surface area (Å²) in [5, 5.41) is 0. The van der Waals surface area contributed by atoms with E-state index in [4.69, 9.17) is 0 Å². The van der Waals surface area contributed by atoms with Crippen LogP contribution in [0, 0.1) is 0 Å².